The molecule has 20 heavy (non-hydrogen) atoms. The Morgan fingerprint density at radius 2 is 1.95 bits per heavy atom. The molecule has 1 aliphatic rings. The first-order valence-electron chi connectivity index (χ1n) is 7.49. The standard InChI is InChI=1S/C16H23ClFSi.Zn/c1-2-3-4-9-19-10-7-13(8-11-19)14-5-6-15(17)16(18)12-14;/h5-6,12-13H,2-4,7-11H2,1H3;. The van der Waals surface area contributed by atoms with E-state index in [9.17, 15) is 4.39 Å². The van der Waals surface area contributed by atoms with Gasteiger partial charge in [-0.15, -0.1) is 0 Å². The van der Waals surface area contributed by atoms with E-state index in [1.165, 1.54) is 50.2 Å². The molecule has 4 heteroatoms. The van der Waals surface area contributed by atoms with E-state index in [4.69, 9.17) is 11.6 Å². The Bertz CT molecular complexity index is 405. The average Bonchev–Trinajstić information content (AvgIpc) is 2.43. The fourth-order valence-electron chi connectivity index (χ4n) is 3.00. The van der Waals surface area contributed by atoms with E-state index < -0.39 is 0 Å². The zero-order valence-electron chi connectivity index (χ0n) is 12.4. The molecule has 0 spiro atoms. The molecule has 0 N–H and O–H groups in total. The number of hydrogen-bond acceptors (Lipinski definition) is 0. The molecular formula is C16H23ClFSiZn. The van der Waals surface area contributed by atoms with Gasteiger partial charge >= 0.3 is 0 Å². The van der Waals surface area contributed by atoms with Crippen molar-refractivity contribution in [2.75, 3.05) is 0 Å². The molecule has 1 heterocycles. The third-order valence-corrected chi connectivity index (χ3v) is 7.60. The second kappa shape index (κ2) is 9.33. The SMILES string of the molecule is CCCCC[Si]1CCC(c2ccc(Cl)c(F)c2)CC1.[Zn]. The molecule has 1 fully saturated rings. The zero-order chi connectivity index (χ0) is 13.7. The van der Waals surface area contributed by atoms with Crippen molar-refractivity contribution in [1.29, 1.82) is 0 Å². The van der Waals surface area contributed by atoms with E-state index in [1.807, 2.05) is 6.07 Å². The summed E-state index contributed by atoms with van der Waals surface area (Å²) < 4.78 is 13.5. The molecular weight excluding hydrogens is 340 g/mol. The summed E-state index contributed by atoms with van der Waals surface area (Å²) in [6.45, 7) is 2.27. The van der Waals surface area contributed by atoms with Crippen LogP contribution in [0, 0.1) is 5.82 Å². The molecule has 0 amide bonds. The molecule has 1 aromatic rings. The molecule has 0 aliphatic carbocycles. The van der Waals surface area contributed by atoms with Gasteiger partial charge in [0, 0.05) is 28.3 Å². The minimum absolute atomic E-state index is 0. The van der Waals surface area contributed by atoms with Crippen LogP contribution < -0.4 is 0 Å². The first-order valence-corrected chi connectivity index (χ1v) is 9.99. The quantitative estimate of drug-likeness (QED) is 0.442. The van der Waals surface area contributed by atoms with Gasteiger partial charge < -0.3 is 0 Å². The predicted molar refractivity (Wildman–Crippen MR) is 83.1 cm³/mol. The van der Waals surface area contributed by atoms with Crippen molar-refractivity contribution in [2.45, 2.75) is 63.1 Å². The normalized spacial score (nSPS) is 16.9. The van der Waals surface area contributed by atoms with Gasteiger partial charge in [-0.3, -0.25) is 0 Å². The van der Waals surface area contributed by atoms with Crippen LogP contribution in [-0.4, -0.2) is 8.80 Å². The fraction of sp³-hybridized carbons (Fsp3) is 0.625. The summed E-state index contributed by atoms with van der Waals surface area (Å²) in [5, 5.41) is 0.240. The first-order chi connectivity index (χ1) is 9.20. The maximum Gasteiger partial charge on any atom is 0.142 e. The molecule has 1 aromatic carbocycles. The number of benzene rings is 1. The van der Waals surface area contributed by atoms with Gasteiger partial charge in [0.2, 0.25) is 0 Å². The van der Waals surface area contributed by atoms with Crippen LogP contribution in [0.25, 0.3) is 0 Å². The van der Waals surface area contributed by atoms with Crippen LogP contribution in [0.5, 0.6) is 0 Å². The Balaban J connectivity index is 0.00000200. The van der Waals surface area contributed by atoms with Crippen molar-refractivity contribution in [3.63, 3.8) is 0 Å². The van der Waals surface area contributed by atoms with E-state index in [0.29, 0.717) is 5.92 Å². The summed E-state index contributed by atoms with van der Waals surface area (Å²) in [5.74, 6) is 0.296. The Morgan fingerprint density at radius 3 is 2.55 bits per heavy atom. The molecule has 0 unspecified atom stereocenters. The van der Waals surface area contributed by atoms with Gasteiger partial charge in [-0.2, -0.15) is 0 Å². The Labute approximate surface area is 141 Å². The maximum atomic E-state index is 13.5. The third-order valence-electron chi connectivity index (χ3n) is 4.24. The van der Waals surface area contributed by atoms with Crippen LogP contribution >= 0.6 is 11.6 Å². The van der Waals surface area contributed by atoms with Crippen LogP contribution in [0.3, 0.4) is 0 Å². The maximum absolute atomic E-state index is 13.5. The van der Waals surface area contributed by atoms with E-state index in [2.05, 4.69) is 6.92 Å². The molecule has 1 radical (unpaired) electrons. The Morgan fingerprint density at radius 1 is 1.25 bits per heavy atom. The van der Waals surface area contributed by atoms with Gasteiger partial charge in [-0.05, 0) is 36.5 Å². The average molecular weight is 363 g/mol. The summed E-state index contributed by atoms with van der Waals surface area (Å²) in [6.07, 6.45) is 6.63. The van der Waals surface area contributed by atoms with Crippen molar-refractivity contribution < 1.29 is 23.9 Å². The molecule has 0 aromatic heterocycles. The number of unbranched alkanes of at least 4 members (excludes halogenated alkanes) is 2. The van der Waals surface area contributed by atoms with Gasteiger partial charge in [0.15, 0.2) is 0 Å². The van der Waals surface area contributed by atoms with E-state index in [-0.39, 0.29) is 39.1 Å². The van der Waals surface area contributed by atoms with Gasteiger partial charge in [0.05, 0.1) is 5.02 Å². The Kier molecular flexibility index (Phi) is 8.55. The number of rotatable bonds is 5. The second-order valence-corrected chi connectivity index (χ2v) is 9.06. The van der Waals surface area contributed by atoms with E-state index in [1.54, 1.807) is 12.1 Å². The van der Waals surface area contributed by atoms with Gasteiger partial charge in [-0.1, -0.05) is 62.0 Å². The van der Waals surface area contributed by atoms with Crippen molar-refractivity contribution >= 4 is 20.4 Å². The minimum Gasteiger partial charge on any atom is -0.205 e. The van der Waals surface area contributed by atoms with Crippen molar-refractivity contribution in [3.8, 4) is 0 Å². The van der Waals surface area contributed by atoms with Crippen LogP contribution in [0.15, 0.2) is 18.2 Å². The van der Waals surface area contributed by atoms with E-state index >= 15 is 0 Å². The number of hydrogen-bond donors (Lipinski definition) is 0. The van der Waals surface area contributed by atoms with Crippen LogP contribution in [0.1, 0.15) is 50.5 Å². The second-order valence-electron chi connectivity index (χ2n) is 5.65. The number of halogens is 2. The minimum atomic E-state index is -0.266. The van der Waals surface area contributed by atoms with Gasteiger partial charge in [0.1, 0.15) is 5.82 Å². The zero-order valence-corrected chi connectivity index (χ0v) is 17.2. The Hall–Kier alpha value is 0.280. The molecule has 0 bridgehead atoms. The summed E-state index contributed by atoms with van der Waals surface area (Å²) in [7, 11) is -0.0979. The van der Waals surface area contributed by atoms with Crippen LogP contribution in [0.2, 0.25) is 23.2 Å². The van der Waals surface area contributed by atoms with Crippen LogP contribution in [0.4, 0.5) is 4.39 Å². The summed E-state index contributed by atoms with van der Waals surface area (Å²) >= 11 is 5.74. The predicted octanol–water partition coefficient (Wildman–Crippen LogP) is 6.04. The molecule has 0 atom stereocenters. The molecule has 107 valence electrons. The molecule has 1 aliphatic heterocycles. The molecule has 1 saturated heterocycles. The van der Waals surface area contributed by atoms with Gasteiger partial charge in [-0.25, -0.2) is 4.39 Å². The first kappa shape index (κ1) is 18.3. The van der Waals surface area contributed by atoms with Crippen molar-refractivity contribution in [3.05, 3.63) is 34.6 Å². The molecule has 0 saturated carbocycles. The van der Waals surface area contributed by atoms with Crippen LogP contribution in [-0.2, 0) is 19.5 Å². The largest absolute Gasteiger partial charge is 0.205 e. The van der Waals surface area contributed by atoms with Gasteiger partial charge in [0.25, 0.3) is 0 Å². The fourth-order valence-corrected chi connectivity index (χ4v) is 6.13. The summed E-state index contributed by atoms with van der Waals surface area (Å²) in [6, 6.07) is 9.65. The van der Waals surface area contributed by atoms with Crippen molar-refractivity contribution in [1.82, 2.24) is 0 Å². The topological polar surface area (TPSA) is 0 Å². The summed E-state index contributed by atoms with van der Waals surface area (Å²) in [5.41, 5.74) is 1.15. The molecule has 2 rings (SSSR count). The smallest absolute Gasteiger partial charge is 0.142 e. The monoisotopic (exact) mass is 361 g/mol. The van der Waals surface area contributed by atoms with E-state index in [0.717, 1.165) is 5.56 Å². The molecule has 0 nitrogen and oxygen atoms in total. The third kappa shape index (κ3) is 5.24. The summed E-state index contributed by atoms with van der Waals surface area (Å²) in [4.78, 5) is 0. The van der Waals surface area contributed by atoms with Crippen molar-refractivity contribution in [2.24, 2.45) is 0 Å².